The van der Waals surface area contributed by atoms with Crippen LogP contribution >= 0.6 is 0 Å². The first-order valence-electron chi connectivity index (χ1n) is 12.7. The standard InChI is InChI=1S/C31H40O6/c1-9-20(2)37-28(36)31(27(34)35,18-21-10-14-23(15-11-21)25(32)29(3,4)5)19-22-12-16-24(17-13-22)26(33)30(6,7)8/h10-17,20H,9,18-19H2,1-8H3,(H,34,35). The van der Waals surface area contributed by atoms with Gasteiger partial charge in [-0.3, -0.25) is 19.2 Å². The fraction of sp³-hybridized carbons (Fsp3) is 0.484. The largest absolute Gasteiger partial charge is 0.480 e. The number of esters is 1. The predicted octanol–water partition coefficient (Wildman–Crippen LogP) is 6.34. The third-order valence-electron chi connectivity index (χ3n) is 6.49. The summed E-state index contributed by atoms with van der Waals surface area (Å²) in [5, 5.41) is 10.4. The molecule has 0 spiro atoms. The summed E-state index contributed by atoms with van der Waals surface area (Å²) in [6.07, 6.45) is -0.104. The molecule has 200 valence electrons. The number of Topliss-reactive ketones (excluding diaryl/α,β-unsaturated/α-hetero) is 2. The molecule has 2 aromatic carbocycles. The van der Waals surface area contributed by atoms with Crippen molar-refractivity contribution in [2.24, 2.45) is 16.2 Å². The molecule has 1 N–H and O–H groups in total. The number of benzene rings is 2. The molecule has 0 saturated heterocycles. The molecular formula is C31H40O6. The first-order valence-corrected chi connectivity index (χ1v) is 12.7. The van der Waals surface area contributed by atoms with E-state index in [1.165, 1.54) is 0 Å². The van der Waals surface area contributed by atoms with E-state index in [2.05, 4.69) is 0 Å². The second kappa shape index (κ2) is 11.4. The molecule has 0 fully saturated rings. The Labute approximate surface area is 220 Å². The van der Waals surface area contributed by atoms with E-state index in [1.807, 2.05) is 48.5 Å². The van der Waals surface area contributed by atoms with Crippen molar-refractivity contribution in [1.82, 2.24) is 0 Å². The minimum atomic E-state index is -1.88. The monoisotopic (exact) mass is 508 g/mol. The number of carboxylic acids is 1. The van der Waals surface area contributed by atoms with E-state index >= 15 is 0 Å². The molecule has 0 radical (unpaired) electrons. The summed E-state index contributed by atoms with van der Waals surface area (Å²) in [5.41, 5.74) is -0.715. The van der Waals surface area contributed by atoms with Gasteiger partial charge >= 0.3 is 11.9 Å². The third-order valence-corrected chi connectivity index (χ3v) is 6.49. The maximum atomic E-state index is 13.4. The zero-order chi connectivity index (χ0) is 28.2. The fourth-order valence-corrected chi connectivity index (χ4v) is 3.94. The van der Waals surface area contributed by atoms with E-state index in [0.29, 0.717) is 28.7 Å². The molecule has 0 aliphatic carbocycles. The van der Waals surface area contributed by atoms with Crippen molar-refractivity contribution >= 4 is 23.5 Å². The smallest absolute Gasteiger partial charge is 0.324 e. The highest BCUT2D eigenvalue weighted by atomic mass is 16.5. The second-order valence-electron chi connectivity index (χ2n) is 11.9. The summed E-state index contributed by atoms with van der Waals surface area (Å²) in [6, 6.07) is 13.4. The SMILES string of the molecule is CCC(C)OC(=O)C(Cc1ccc(C(=O)C(C)(C)C)cc1)(Cc1ccc(C(=O)C(C)(C)C)cc1)C(=O)O. The highest BCUT2D eigenvalue weighted by Crippen LogP contribution is 2.33. The molecule has 37 heavy (non-hydrogen) atoms. The summed E-state index contributed by atoms with van der Waals surface area (Å²) in [5.74, 6) is -2.14. The minimum absolute atomic E-state index is 0.0235. The van der Waals surface area contributed by atoms with Gasteiger partial charge in [-0.25, -0.2) is 0 Å². The topological polar surface area (TPSA) is 97.7 Å². The van der Waals surface area contributed by atoms with Gasteiger partial charge in [0.25, 0.3) is 0 Å². The molecule has 0 aromatic heterocycles. The summed E-state index contributed by atoms with van der Waals surface area (Å²) in [6.45, 7) is 14.6. The van der Waals surface area contributed by atoms with Gasteiger partial charge in [-0.2, -0.15) is 0 Å². The van der Waals surface area contributed by atoms with Crippen molar-refractivity contribution in [3.05, 3.63) is 70.8 Å². The summed E-state index contributed by atoms with van der Waals surface area (Å²) < 4.78 is 5.56. The van der Waals surface area contributed by atoms with Gasteiger partial charge < -0.3 is 9.84 Å². The lowest BCUT2D eigenvalue weighted by molar-refractivity contribution is -0.172. The van der Waals surface area contributed by atoms with Crippen LogP contribution in [0, 0.1) is 16.2 Å². The highest BCUT2D eigenvalue weighted by molar-refractivity contribution is 6.01. The molecule has 0 amide bonds. The van der Waals surface area contributed by atoms with Gasteiger partial charge in [-0.05, 0) is 37.3 Å². The van der Waals surface area contributed by atoms with Gasteiger partial charge in [-0.15, -0.1) is 0 Å². The van der Waals surface area contributed by atoms with Crippen molar-refractivity contribution in [3.8, 4) is 0 Å². The van der Waals surface area contributed by atoms with Gasteiger partial charge in [0.15, 0.2) is 17.0 Å². The molecule has 1 unspecified atom stereocenters. The minimum Gasteiger partial charge on any atom is -0.480 e. The zero-order valence-electron chi connectivity index (χ0n) is 23.3. The molecule has 0 saturated carbocycles. The fourth-order valence-electron chi connectivity index (χ4n) is 3.94. The second-order valence-corrected chi connectivity index (χ2v) is 11.9. The summed E-state index contributed by atoms with van der Waals surface area (Å²) in [7, 11) is 0. The van der Waals surface area contributed by atoms with Crippen molar-refractivity contribution in [3.63, 3.8) is 0 Å². The molecule has 2 rings (SSSR count). The Kier molecular flexibility index (Phi) is 9.23. The maximum Gasteiger partial charge on any atom is 0.324 e. The summed E-state index contributed by atoms with van der Waals surface area (Å²) >= 11 is 0. The van der Waals surface area contributed by atoms with Crippen LogP contribution in [0.2, 0.25) is 0 Å². The number of aliphatic carboxylic acids is 1. The Balaban J connectivity index is 2.47. The normalized spacial score (nSPS) is 13.1. The predicted molar refractivity (Wildman–Crippen MR) is 144 cm³/mol. The molecule has 6 heteroatoms. The lowest BCUT2D eigenvalue weighted by Gasteiger charge is -2.29. The number of carbonyl (C=O) groups is 4. The molecule has 2 aromatic rings. The van der Waals surface area contributed by atoms with E-state index in [4.69, 9.17) is 4.74 Å². The zero-order valence-corrected chi connectivity index (χ0v) is 23.3. The van der Waals surface area contributed by atoms with Crippen LogP contribution in [0.4, 0.5) is 0 Å². The van der Waals surface area contributed by atoms with Crippen molar-refractivity contribution < 1.29 is 29.0 Å². The Morgan fingerprint density at radius 1 is 0.730 bits per heavy atom. The van der Waals surface area contributed by atoms with Crippen LogP contribution in [0.25, 0.3) is 0 Å². The Hall–Kier alpha value is -3.28. The van der Waals surface area contributed by atoms with Crippen molar-refractivity contribution in [2.75, 3.05) is 0 Å². The molecule has 0 bridgehead atoms. The number of carboxylic acid groups (broad SMARTS) is 1. The van der Waals surface area contributed by atoms with E-state index in [1.54, 1.807) is 55.5 Å². The van der Waals surface area contributed by atoms with Crippen molar-refractivity contribution in [1.29, 1.82) is 0 Å². The van der Waals surface area contributed by atoms with Crippen LogP contribution < -0.4 is 0 Å². The number of ketones is 2. The quantitative estimate of drug-likeness (QED) is 0.228. The van der Waals surface area contributed by atoms with Crippen molar-refractivity contribution in [2.45, 2.75) is 80.8 Å². The lowest BCUT2D eigenvalue weighted by atomic mass is 9.75. The van der Waals surface area contributed by atoms with Gasteiger partial charge in [0.2, 0.25) is 0 Å². The van der Waals surface area contributed by atoms with E-state index in [-0.39, 0.29) is 24.4 Å². The molecule has 0 aliphatic heterocycles. The number of ether oxygens (including phenoxy) is 1. The molecule has 0 aliphatic rings. The average Bonchev–Trinajstić information content (AvgIpc) is 2.82. The van der Waals surface area contributed by atoms with Crippen LogP contribution in [-0.4, -0.2) is 34.7 Å². The Morgan fingerprint density at radius 2 is 1.08 bits per heavy atom. The van der Waals surface area contributed by atoms with Gasteiger partial charge in [0, 0.05) is 22.0 Å². The molecule has 0 heterocycles. The average molecular weight is 509 g/mol. The maximum absolute atomic E-state index is 13.4. The summed E-state index contributed by atoms with van der Waals surface area (Å²) in [4.78, 5) is 51.4. The lowest BCUT2D eigenvalue weighted by Crippen LogP contribution is -2.45. The van der Waals surface area contributed by atoms with Gasteiger partial charge in [0.1, 0.15) is 0 Å². The number of carbonyl (C=O) groups excluding carboxylic acids is 3. The highest BCUT2D eigenvalue weighted by Gasteiger charge is 2.48. The van der Waals surface area contributed by atoms with Gasteiger partial charge in [-0.1, -0.05) is 97.0 Å². The Bertz CT molecular complexity index is 1060. The van der Waals surface area contributed by atoms with Crippen LogP contribution in [0.1, 0.15) is 93.7 Å². The third kappa shape index (κ3) is 7.37. The first-order chi connectivity index (χ1) is 17.0. The van der Waals surface area contributed by atoms with Crippen LogP contribution in [0.3, 0.4) is 0 Å². The van der Waals surface area contributed by atoms with Crippen LogP contribution in [-0.2, 0) is 27.2 Å². The van der Waals surface area contributed by atoms with E-state index < -0.39 is 34.3 Å². The van der Waals surface area contributed by atoms with Crippen LogP contribution in [0.15, 0.2) is 48.5 Å². The van der Waals surface area contributed by atoms with Gasteiger partial charge in [0.05, 0.1) is 6.10 Å². The van der Waals surface area contributed by atoms with E-state index in [0.717, 1.165) is 0 Å². The number of hydrogen-bond donors (Lipinski definition) is 1. The molecular weight excluding hydrogens is 468 g/mol. The number of rotatable bonds is 10. The van der Waals surface area contributed by atoms with E-state index in [9.17, 15) is 24.3 Å². The first kappa shape index (κ1) is 29.9. The number of hydrogen-bond acceptors (Lipinski definition) is 5. The molecule has 1 atom stereocenters. The molecule has 6 nitrogen and oxygen atoms in total. The Morgan fingerprint density at radius 3 is 1.35 bits per heavy atom. The van der Waals surface area contributed by atoms with Crippen LogP contribution in [0.5, 0.6) is 0 Å².